The molecular formula is C21H21N3O4. The number of aliphatic carboxylic acids is 1. The van der Waals surface area contributed by atoms with Gasteiger partial charge in [-0.3, -0.25) is 9.59 Å². The van der Waals surface area contributed by atoms with E-state index < -0.39 is 5.97 Å². The zero-order chi connectivity index (χ0) is 20.1. The van der Waals surface area contributed by atoms with Crippen LogP contribution in [0.4, 0.5) is 0 Å². The van der Waals surface area contributed by atoms with Crippen LogP contribution in [-0.4, -0.2) is 33.9 Å². The van der Waals surface area contributed by atoms with Crippen LogP contribution in [0.1, 0.15) is 18.1 Å². The number of methoxy groups -OCH3 is 1. The molecule has 0 aliphatic heterocycles. The van der Waals surface area contributed by atoms with Crippen molar-refractivity contribution in [2.45, 2.75) is 19.9 Å². The molecule has 1 aromatic heterocycles. The largest absolute Gasteiger partial charge is 0.496 e. The minimum absolute atomic E-state index is 0.0864. The number of carbonyl (C=O) groups excluding carboxylic acids is 1. The summed E-state index contributed by atoms with van der Waals surface area (Å²) >= 11 is 0. The summed E-state index contributed by atoms with van der Waals surface area (Å²) in [7, 11) is 1.57. The Balaban J connectivity index is 2.14. The number of amides is 1. The van der Waals surface area contributed by atoms with Crippen molar-refractivity contribution < 1.29 is 19.4 Å². The van der Waals surface area contributed by atoms with Crippen molar-refractivity contribution in [2.24, 2.45) is 0 Å². The van der Waals surface area contributed by atoms with Gasteiger partial charge in [0.15, 0.2) is 0 Å². The Labute approximate surface area is 162 Å². The van der Waals surface area contributed by atoms with Crippen LogP contribution < -0.4 is 10.1 Å². The molecule has 3 aromatic rings. The predicted octanol–water partition coefficient (Wildman–Crippen LogP) is 2.81. The molecule has 144 valence electrons. The van der Waals surface area contributed by atoms with Gasteiger partial charge in [0.05, 0.1) is 19.2 Å². The second-order valence-electron chi connectivity index (χ2n) is 6.31. The molecule has 7 nitrogen and oxygen atoms in total. The smallest absolute Gasteiger partial charge is 0.307 e. The van der Waals surface area contributed by atoms with Gasteiger partial charge in [0, 0.05) is 31.4 Å². The predicted molar refractivity (Wildman–Crippen MR) is 104 cm³/mol. The summed E-state index contributed by atoms with van der Waals surface area (Å²) in [5, 5.41) is 16.2. The summed E-state index contributed by atoms with van der Waals surface area (Å²) in [6.45, 7) is 1.81. The summed E-state index contributed by atoms with van der Waals surface area (Å²) in [5.74, 6) is -0.413. The molecule has 1 heterocycles. The van der Waals surface area contributed by atoms with Crippen LogP contribution in [0.15, 0.2) is 54.9 Å². The lowest BCUT2D eigenvalue weighted by atomic mass is 9.95. The molecule has 2 aromatic carbocycles. The fourth-order valence-corrected chi connectivity index (χ4v) is 3.00. The van der Waals surface area contributed by atoms with E-state index in [2.05, 4.69) is 10.4 Å². The van der Waals surface area contributed by atoms with Gasteiger partial charge in [0.1, 0.15) is 5.75 Å². The fourth-order valence-electron chi connectivity index (χ4n) is 3.00. The van der Waals surface area contributed by atoms with E-state index in [9.17, 15) is 9.59 Å². The Morgan fingerprint density at radius 2 is 2.00 bits per heavy atom. The summed E-state index contributed by atoms with van der Waals surface area (Å²) < 4.78 is 7.25. The Hall–Kier alpha value is -3.61. The van der Waals surface area contributed by atoms with E-state index in [-0.39, 0.29) is 12.3 Å². The maximum atomic E-state index is 11.4. The van der Waals surface area contributed by atoms with Gasteiger partial charge in [0.2, 0.25) is 5.91 Å². The van der Waals surface area contributed by atoms with Gasteiger partial charge < -0.3 is 15.2 Å². The highest BCUT2D eigenvalue weighted by molar-refractivity contribution is 5.79. The summed E-state index contributed by atoms with van der Waals surface area (Å²) in [6, 6.07) is 12.9. The van der Waals surface area contributed by atoms with E-state index in [0.29, 0.717) is 17.9 Å². The van der Waals surface area contributed by atoms with Crippen LogP contribution in [-0.2, 0) is 22.6 Å². The van der Waals surface area contributed by atoms with Crippen LogP contribution in [0.5, 0.6) is 5.75 Å². The average Bonchev–Trinajstić information content (AvgIpc) is 3.20. The molecule has 0 spiro atoms. The SMILES string of the molecule is COc1ccc(CC(=O)O)cc1-c1cc(-n2cccn2)ccc1CNC(C)=O. The van der Waals surface area contributed by atoms with E-state index in [4.69, 9.17) is 9.84 Å². The highest BCUT2D eigenvalue weighted by Crippen LogP contribution is 2.35. The molecule has 0 aliphatic rings. The molecule has 0 atom stereocenters. The van der Waals surface area contributed by atoms with Crippen molar-refractivity contribution in [2.75, 3.05) is 7.11 Å². The molecule has 2 N–H and O–H groups in total. The number of hydrogen-bond donors (Lipinski definition) is 2. The summed E-state index contributed by atoms with van der Waals surface area (Å²) in [6.07, 6.45) is 3.44. The lowest BCUT2D eigenvalue weighted by molar-refractivity contribution is -0.136. The number of rotatable bonds is 7. The monoisotopic (exact) mass is 379 g/mol. The molecule has 28 heavy (non-hydrogen) atoms. The molecule has 3 rings (SSSR count). The average molecular weight is 379 g/mol. The normalized spacial score (nSPS) is 10.5. The van der Waals surface area contributed by atoms with Crippen LogP contribution in [0, 0.1) is 0 Å². The van der Waals surface area contributed by atoms with Crippen molar-refractivity contribution >= 4 is 11.9 Å². The van der Waals surface area contributed by atoms with Crippen LogP contribution in [0.25, 0.3) is 16.8 Å². The van der Waals surface area contributed by atoms with Gasteiger partial charge in [-0.05, 0) is 47.0 Å². The first-order chi connectivity index (χ1) is 13.5. The van der Waals surface area contributed by atoms with Gasteiger partial charge in [-0.2, -0.15) is 5.10 Å². The molecule has 0 saturated heterocycles. The van der Waals surface area contributed by atoms with Crippen molar-refractivity contribution in [3.63, 3.8) is 0 Å². The second-order valence-corrected chi connectivity index (χ2v) is 6.31. The molecule has 0 radical (unpaired) electrons. The Morgan fingerprint density at radius 1 is 1.18 bits per heavy atom. The first-order valence-electron chi connectivity index (χ1n) is 8.74. The maximum absolute atomic E-state index is 11.4. The topological polar surface area (TPSA) is 93.4 Å². The molecule has 0 aliphatic carbocycles. The number of aromatic nitrogens is 2. The quantitative estimate of drug-likeness (QED) is 0.658. The van der Waals surface area contributed by atoms with E-state index in [1.54, 1.807) is 30.1 Å². The van der Waals surface area contributed by atoms with E-state index in [0.717, 1.165) is 22.4 Å². The Kier molecular flexibility index (Phi) is 5.74. The number of benzene rings is 2. The first kappa shape index (κ1) is 19.2. The third-order valence-corrected chi connectivity index (χ3v) is 4.30. The fraction of sp³-hybridized carbons (Fsp3) is 0.190. The van der Waals surface area contributed by atoms with Crippen LogP contribution in [0.2, 0.25) is 0 Å². The number of nitrogens with one attached hydrogen (secondary N) is 1. The lowest BCUT2D eigenvalue weighted by Crippen LogP contribution is -2.19. The van der Waals surface area contributed by atoms with Gasteiger partial charge in [0.25, 0.3) is 0 Å². The van der Waals surface area contributed by atoms with Crippen molar-refractivity contribution in [3.05, 3.63) is 66.0 Å². The zero-order valence-electron chi connectivity index (χ0n) is 15.7. The minimum atomic E-state index is -0.903. The van der Waals surface area contributed by atoms with Gasteiger partial charge in [-0.15, -0.1) is 0 Å². The van der Waals surface area contributed by atoms with E-state index >= 15 is 0 Å². The highest BCUT2D eigenvalue weighted by atomic mass is 16.5. The third kappa shape index (κ3) is 4.37. The number of carbonyl (C=O) groups is 2. The molecule has 7 heteroatoms. The molecule has 1 amide bonds. The van der Waals surface area contributed by atoms with Crippen molar-refractivity contribution in [1.29, 1.82) is 0 Å². The molecular weight excluding hydrogens is 358 g/mol. The van der Waals surface area contributed by atoms with Crippen molar-refractivity contribution in [3.8, 4) is 22.6 Å². The number of hydrogen-bond acceptors (Lipinski definition) is 4. The number of ether oxygens (including phenoxy) is 1. The van der Waals surface area contributed by atoms with Gasteiger partial charge in [-0.25, -0.2) is 4.68 Å². The minimum Gasteiger partial charge on any atom is -0.496 e. The number of carboxylic acid groups (broad SMARTS) is 1. The lowest BCUT2D eigenvalue weighted by Gasteiger charge is -2.16. The number of carboxylic acids is 1. The van der Waals surface area contributed by atoms with Crippen molar-refractivity contribution in [1.82, 2.24) is 15.1 Å². The summed E-state index contributed by atoms with van der Waals surface area (Å²) in [4.78, 5) is 22.5. The number of nitrogens with zero attached hydrogens (tertiary/aromatic N) is 2. The Morgan fingerprint density at radius 3 is 2.64 bits per heavy atom. The third-order valence-electron chi connectivity index (χ3n) is 4.30. The molecule has 0 fully saturated rings. The summed E-state index contributed by atoms with van der Waals surface area (Å²) in [5.41, 5.74) is 3.99. The van der Waals surface area contributed by atoms with Crippen LogP contribution >= 0.6 is 0 Å². The molecule has 0 bridgehead atoms. The van der Waals surface area contributed by atoms with Gasteiger partial charge >= 0.3 is 5.97 Å². The molecule has 0 unspecified atom stereocenters. The van der Waals surface area contributed by atoms with Crippen LogP contribution in [0.3, 0.4) is 0 Å². The zero-order valence-corrected chi connectivity index (χ0v) is 15.7. The van der Waals surface area contributed by atoms with E-state index in [1.807, 2.05) is 36.5 Å². The van der Waals surface area contributed by atoms with E-state index in [1.165, 1.54) is 6.92 Å². The van der Waals surface area contributed by atoms with Gasteiger partial charge in [-0.1, -0.05) is 12.1 Å². The maximum Gasteiger partial charge on any atom is 0.307 e. The second kappa shape index (κ2) is 8.39. The molecule has 0 saturated carbocycles. The highest BCUT2D eigenvalue weighted by Gasteiger charge is 2.14. The first-order valence-corrected chi connectivity index (χ1v) is 8.74. The Bertz CT molecular complexity index is 997. The standard InChI is InChI=1S/C21H21N3O4/c1-14(25)22-13-16-5-6-17(24-9-3-8-23-24)12-18(16)19-10-15(11-21(26)27)4-7-20(19)28-2/h3-10,12H,11,13H2,1-2H3,(H,22,25)(H,26,27).